The number of hydrogen-bond donors (Lipinski definition) is 1. The molecule has 7 nitrogen and oxygen atoms in total. The van der Waals surface area contributed by atoms with Gasteiger partial charge in [0.2, 0.25) is 5.82 Å². The number of nitro groups is 1. The topological polar surface area (TPSA) is 104 Å². The van der Waals surface area contributed by atoms with Crippen molar-refractivity contribution in [3.8, 4) is 5.88 Å². The van der Waals surface area contributed by atoms with Crippen molar-refractivity contribution in [2.45, 2.75) is 26.7 Å². The molecule has 0 unspecified atom stereocenters. The van der Waals surface area contributed by atoms with E-state index in [1.54, 1.807) is 0 Å². The highest BCUT2D eigenvalue weighted by atomic mass is 16.6. The Balaban J connectivity index is 3.17. The second-order valence-corrected chi connectivity index (χ2v) is 3.14. The van der Waals surface area contributed by atoms with Gasteiger partial charge in [0.05, 0.1) is 11.5 Å². The summed E-state index contributed by atoms with van der Waals surface area (Å²) in [6.45, 7) is 4.10. The van der Waals surface area contributed by atoms with E-state index in [-0.39, 0.29) is 17.4 Å². The van der Waals surface area contributed by atoms with Crippen LogP contribution in [-0.2, 0) is 6.42 Å². The first-order valence-corrected chi connectivity index (χ1v) is 5.03. The van der Waals surface area contributed by atoms with E-state index in [0.717, 1.165) is 6.42 Å². The van der Waals surface area contributed by atoms with Crippen LogP contribution in [0.5, 0.6) is 5.88 Å². The molecule has 0 fully saturated rings. The third-order valence-electron chi connectivity index (χ3n) is 1.87. The van der Waals surface area contributed by atoms with E-state index >= 15 is 0 Å². The molecule has 1 aromatic rings. The summed E-state index contributed by atoms with van der Waals surface area (Å²) in [5, 5.41) is 10.8. The number of anilines is 1. The molecule has 0 aliphatic carbocycles. The molecule has 0 saturated carbocycles. The maximum atomic E-state index is 10.8. The third-order valence-corrected chi connectivity index (χ3v) is 1.87. The van der Waals surface area contributed by atoms with Crippen molar-refractivity contribution in [3.05, 3.63) is 15.9 Å². The van der Waals surface area contributed by atoms with Gasteiger partial charge < -0.3 is 10.5 Å². The first-order chi connectivity index (χ1) is 7.60. The summed E-state index contributed by atoms with van der Waals surface area (Å²) in [5.74, 6) is 0.244. The Bertz CT molecular complexity index is 395. The fraction of sp³-hybridized carbons (Fsp3) is 0.556. The lowest BCUT2D eigenvalue weighted by Gasteiger charge is -2.06. The summed E-state index contributed by atoms with van der Waals surface area (Å²) in [7, 11) is 0. The molecule has 0 saturated heterocycles. The zero-order valence-electron chi connectivity index (χ0n) is 9.27. The van der Waals surface area contributed by atoms with E-state index in [0.29, 0.717) is 18.9 Å². The predicted octanol–water partition coefficient (Wildman–Crippen LogP) is 1.32. The van der Waals surface area contributed by atoms with Gasteiger partial charge >= 0.3 is 5.69 Å². The number of aryl methyl sites for hydroxylation is 1. The lowest BCUT2D eigenvalue weighted by molar-refractivity contribution is -0.385. The Morgan fingerprint density at radius 3 is 2.62 bits per heavy atom. The summed E-state index contributed by atoms with van der Waals surface area (Å²) >= 11 is 0. The second kappa shape index (κ2) is 5.24. The lowest BCUT2D eigenvalue weighted by atomic mass is 10.4. The first-order valence-electron chi connectivity index (χ1n) is 5.03. The molecule has 0 bridgehead atoms. The SMILES string of the molecule is CCCOc1nc(CC)nc(N)c1[N+](=O)[O-]. The number of hydrogen-bond acceptors (Lipinski definition) is 6. The van der Waals surface area contributed by atoms with Gasteiger partial charge in [0.25, 0.3) is 5.88 Å². The highest BCUT2D eigenvalue weighted by Gasteiger charge is 2.23. The largest absolute Gasteiger partial charge is 0.473 e. The molecule has 0 aliphatic rings. The molecule has 7 heteroatoms. The highest BCUT2D eigenvalue weighted by molar-refractivity contribution is 5.58. The molecule has 0 radical (unpaired) electrons. The standard InChI is InChI=1S/C9H14N4O3/c1-3-5-16-9-7(13(14)15)8(10)11-6(4-2)12-9/h3-5H2,1-2H3,(H2,10,11,12). The van der Waals surface area contributed by atoms with E-state index < -0.39 is 4.92 Å². The smallest absolute Gasteiger partial charge is 0.372 e. The number of nitrogen functional groups attached to an aromatic ring is 1. The molecule has 16 heavy (non-hydrogen) atoms. The van der Waals surface area contributed by atoms with Crippen LogP contribution in [0.25, 0.3) is 0 Å². The Kier molecular flexibility index (Phi) is 3.98. The van der Waals surface area contributed by atoms with Gasteiger partial charge in [-0.2, -0.15) is 4.98 Å². The Morgan fingerprint density at radius 2 is 2.12 bits per heavy atom. The molecule has 0 aromatic carbocycles. The van der Waals surface area contributed by atoms with Crippen LogP contribution in [0.4, 0.5) is 11.5 Å². The molecule has 1 aromatic heterocycles. The maximum absolute atomic E-state index is 10.8. The molecule has 0 aliphatic heterocycles. The molecular weight excluding hydrogens is 212 g/mol. The lowest BCUT2D eigenvalue weighted by Crippen LogP contribution is -2.08. The Morgan fingerprint density at radius 1 is 1.44 bits per heavy atom. The van der Waals surface area contributed by atoms with E-state index in [2.05, 4.69) is 9.97 Å². The number of aromatic nitrogens is 2. The van der Waals surface area contributed by atoms with Crippen molar-refractivity contribution in [2.24, 2.45) is 0 Å². The summed E-state index contributed by atoms with van der Waals surface area (Å²) in [4.78, 5) is 17.9. The van der Waals surface area contributed by atoms with Crippen LogP contribution in [0.15, 0.2) is 0 Å². The molecule has 0 amide bonds. The minimum Gasteiger partial charge on any atom is -0.473 e. The van der Waals surface area contributed by atoms with Crippen LogP contribution in [0.2, 0.25) is 0 Å². The average molecular weight is 226 g/mol. The van der Waals surface area contributed by atoms with Crippen LogP contribution in [0.1, 0.15) is 26.1 Å². The number of nitrogens with zero attached hydrogens (tertiary/aromatic N) is 3. The van der Waals surface area contributed by atoms with E-state index in [9.17, 15) is 10.1 Å². The monoisotopic (exact) mass is 226 g/mol. The van der Waals surface area contributed by atoms with Crippen LogP contribution >= 0.6 is 0 Å². The fourth-order valence-corrected chi connectivity index (χ4v) is 1.13. The fourth-order valence-electron chi connectivity index (χ4n) is 1.13. The van der Waals surface area contributed by atoms with Crippen molar-refractivity contribution >= 4 is 11.5 Å². The summed E-state index contributed by atoms with van der Waals surface area (Å²) in [6, 6.07) is 0. The Labute approximate surface area is 92.8 Å². The van der Waals surface area contributed by atoms with Gasteiger partial charge in [-0.15, -0.1) is 0 Å². The number of nitrogens with two attached hydrogens (primary N) is 1. The quantitative estimate of drug-likeness (QED) is 0.599. The molecule has 88 valence electrons. The van der Waals surface area contributed by atoms with Gasteiger partial charge in [0.15, 0.2) is 0 Å². The van der Waals surface area contributed by atoms with Gasteiger partial charge in [-0.1, -0.05) is 13.8 Å². The Hall–Kier alpha value is -1.92. The number of rotatable bonds is 5. The van der Waals surface area contributed by atoms with Crippen LogP contribution < -0.4 is 10.5 Å². The molecule has 1 rings (SSSR count). The van der Waals surface area contributed by atoms with E-state index in [1.807, 2.05) is 13.8 Å². The van der Waals surface area contributed by atoms with Gasteiger partial charge in [0.1, 0.15) is 5.82 Å². The zero-order valence-corrected chi connectivity index (χ0v) is 9.27. The maximum Gasteiger partial charge on any atom is 0.372 e. The van der Waals surface area contributed by atoms with Crippen LogP contribution in [0, 0.1) is 10.1 Å². The molecule has 0 spiro atoms. The minimum absolute atomic E-state index is 0.0452. The van der Waals surface area contributed by atoms with Gasteiger partial charge in [-0.05, 0) is 6.42 Å². The van der Waals surface area contributed by atoms with Crippen molar-refractivity contribution in [3.63, 3.8) is 0 Å². The van der Waals surface area contributed by atoms with Crippen molar-refractivity contribution in [1.82, 2.24) is 9.97 Å². The van der Waals surface area contributed by atoms with E-state index in [1.165, 1.54) is 0 Å². The van der Waals surface area contributed by atoms with Gasteiger partial charge in [-0.25, -0.2) is 4.98 Å². The van der Waals surface area contributed by atoms with Crippen molar-refractivity contribution in [1.29, 1.82) is 0 Å². The van der Waals surface area contributed by atoms with Gasteiger partial charge in [-0.3, -0.25) is 10.1 Å². The van der Waals surface area contributed by atoms with E-state index in [4.69, 9.17) is 10.5 Å². The summed E-state index contributed by atoms with van der Waals surface area (Å²) in [5.41, 5.74) is 5.14. The minimum atomic E-state index is -0.625. The zero-order chi connectivity index (χ0) is 12.1. The highest BCUT2D eigenvalue weighted by Crippen LogP contribution is 2.29. The third kappa shape index (κ3) is 2.56. The number of ether oxygens (including phenoxy) is 1. The second-order valence-electron chi connectivity index (χ2n) is 3.14. The van der Waals surface area contributed by atoms with Crippen LogP contribution in [0.3, 0.4) is 0 Å². The van der Waals surface area contributed by atoms with Gasteiger partial charge in [0, 0.05) is 6.42 Å². The summed E-state index contributed by atoms with van der Waals surface area (Å²) < 4.78 is 5.20. The van der Waals surface area contributed by atoms with Crippen molar-refractivity contribution in [2.75, 3.05) is 12.3 Å². The molecular formula is C9H14N4O3. The first kappa shape index (κ1) is 12.2. The summed E-state index contributed by atoms with van der Waals surface area (Å²) in [6.07, 6.45) is 1.28. The molecule has 2 N–H and O–H groups in total. The molecule has 0 atom stereocenters. The predicted molar refractivity (Wildman–Crippen MR) is 58.3 cm³/mol. The molecule has 1 heterocycles. The van der Waals surface area contributed by atoms with Crippen molar-refractivity contribution < 1.29 is 9.66 Å². The van der Waals surface area contributed by atoms with Crippen LogP contribution in [-0.4, -0.2) is 21.5 Å². The average Bonchev–Trinajstić information content (AvgIpc) is 2.24. The normalized spacial score (nSPS) is 10.1.